The summed E-state index contributed by atoms with van der Waals surface area (Å²) in [6, 6.07) is 8.11. The number of nitroso groups, excluding NO2 is 1. The van der Waals surface area contributed by atoms with Gasteiger partial charge in [-0.1, -0.05) is 33.7 Å². The second-order valence-corrected chi connectivity index (χ2v) is 4.90. The van der Waals surface area contributed by atoms with Crippen molar-refractivity contribution in [3.8, 4) is 0 Å². The molecule has 18 heavy (non-hydrogen) atoms. The van der Waals surface area contributed by atoms with Crippen LogP contribution in [0.3, 0.4) is 0 Å². The van der Waals surface area contributed by atoms with Crippen molar-refractivity contribution in [2.45, 2.75) is 12.5 Å². The highest BCUT2D eigenvalue weighted by molar-refractivity contribution is 9.10. The Kier molecular flexibility index (Phi) is 5.43. The van der Waals surface area contributed by atoms with Gasteiger partial charge in [0.2, 0.25) is 5.90 Å². The fourth-order valence-electron chi connectivity index (χ4n) is 1.75. The summed E-state index contributed by atoms with van der Waals surface area (Å²) in [4.78, 5) is 12.1. The third-order valence-corrected chi connectivity index (χ3v) is 3.16. The van der Waals surface area contributed by atoms with Gasteiger partial charge in [-0.25, -0.2) is 4.99 Å². The topological polar surface area (TPSA) is 71.7 Å². The summed E-state index contributed by atoms with van der Waals surface area (Å²) in [5.41, 5.74) is 5.27. The van der Waals surface area contributed by atoms with E-state index in [0.29, 0.717) is 19.1 Å². The van der Waals surface area contributed by atoms with Crippen LogP contribution in [0, 0.1) is 10.5 Å². The average Bonchev–Trinajstić information content (AvgIpc) is 2.41. The maximum Gasteiger partial charge on any atom is 0.210 e. The molecule has 1 unspecified atom stereocenters. The molecule has 5 nitrogen and oxygen atoms in total. The van der Waals surface area contributed by atoms with E-state index in [0.717, 1.165) is 10.0 Å². The lowest BCUT2D eigenvalue weighted by Gasteiger charge is -2.30. The Morgan fingerprint density at radius 2 is 2.22 bits per heavy atom. The maximum absolute atomic E-state index is 7.50. The molecule has 0 radical (unpaired) electrons. The van der Waals surface area contributed by atoms with Gasteiger partial charge in [0, 0.05) is 4.47 Å². The molecule has 0 fully saturated rings. The molecule has 0 spiro atoms. The molecule has 1 N–H and O–H groups in total. The Balaban J connectivity index is 0.000000771. The van der Waals surface area contributed by atoms with E-state index in [4.69, 9.17) is 14.4 Å². The average molecular weight is 315 g/mol. The van der Waals surface area contributed by atoms with Crippen LogP contribution in [-0.4, -0.2) is 26.2 Å². The smallest absolute Gasteiger partial charge is 0.210 e. The highest BCUT2D eigenvalue weighted by Crippen LogP contribution is 2.30. The van der Waals surface area contributed by atoms with Crippen LogP contribution in [0.4, 0.5) is 0 Å². The van der Waals surface area contributed by atoms with Crippen LogP contribution in [0.2, 0.25) is 0 Å². The van der Waals surface area contributed by atoms with Crippen molar-refractivity contribution in [2.75, 3.05) is 20.3 Å². The van der Waals surface area contributed by atoms with Gasteiger partial charge in [0.25, 0.3) is 0 Å². The highest BCUT2D eigenvalue weighted by Gasteiger charge is 2.30. The van der Waals surface area contributed by atoms with E-state index in [1.54, 1.807) is 7.11 Å². The number of nitrogens with one attached hydrogen (secondary N) is 1. The lowest BCUT2D eigenvalue weighted by atomic mass is 9.93. The largest absolute Gasteiger partial charge is 0.483 e. The number of ether oxygens (including phenoxy) is 2. The van der Waals surface area contributed by atoms with Crippen molar-refractivity contribution >= 4 is 21.8 Å². The number of hydrogen-bond donors (Lipinski definition) is 1. The van der Waals surface area contributed by atoms with Gasteiger partial charge >= 0.3 is 0 Å². The van der Waals surface area contributed by atoms with Crippen molar-refractivity contribution in [3.05, 3.63) is 39.2 Å². The fourth-order valence-corrected chi connectivity index (χ4v) is 2.15. The summed E-state index contributed by atoms with van der Waals surface area (Å²) < 4.78 is 11.7. The number of hydrogen-bond acceptors (Lipinski definition) is 5. The minimum absolute atomic E-state index is 0.354. The van der Waals surface area contributed by atoms with Crippen molar-refractivity contribution in [2.24, 2.45) is 4.99 Å². The van der Waals surface area contributed by atoms with Gasteiger partial charge in [-0.3, -0.25) is 0 Å². The zero-order valence-corrected chi connectivity index (χ0v) is 11.9. The third-order valence-electron chi connectivity index (χ3n) is 2.66. The van der Waals surface area contributed by atoms with Gasteiger partial charge in [-0.05, 0) is 24.6 Å². The van der Waals surface area contributed by atoms with Crippen LogP contribution in [0.5, 0.6) is 0 Å². The summed E-state index contributed by atoms with van der Waals surface area (Å²) in [6.45, 7) is 3.09. The molecule has 1 aromatic carbocycles. The van der Waals surface area contributed by atoms with E-state index in [1.165, 1.54) is 0 Å². The molecular weight excluding hydrogens is 300 g/mol. The van der Waals surface area contributed by atoms with E-state index in [2.05, 4.69) is 38.6 Å². The molecule has 0 saturated heterocycles. The zero-order valence-electron chi connectivity index (χ0n) is 10.3. The number of rotatable bonds is 1. The summed E-state index contributed by atoms with van der Waals surface area (Å²) in [6.07, 6.45) is 0. The first-order valence-electron chi connectivity index (χ1n) is 5.31. The fraction of sp³-hybridized carbons (Fsp3) is 0.417. The minimum Gasteiger partial charge on any atom is -0.483 e. The summed E-state index contributed by atoms with van der Waals surface area (Å²) in [5.74, 6) is 0.647. The number of nitrogens with zero attached hydrogens (tertiary/aromatic N) is 1. The Labute approximate surface area is 114 Å². The van der Waals surface area contributed by atoms with Crippen LogP contribution in [-0.2, 0) is 15.0 Å². The molecule has 1 aromatic rings. The van der Waals surface area contributed by atoms with E-state index < -0.39 is 0 Å². The second-order valence-electron chi connectivity index (χ2n) is 3.99. The van der Waals surface area contributed by atoms with Crippen molar-refractivity contribution in [1.29, 1.82) is 5.59 Å². The summed E-state index contributed by atoms with van der Waals surface area (Å²) in [7, 11) is 1.62. The standard InChI is InChI=1S/C12H14BrNO2.HNO/c1-12(8-16-7-11(14-12)15-2)9-4-3-5-10(13)6-9;1-2/h3-6H,7-8H2,1-2H3;1H. The number of benzene rings is 1. The Hall–Kier alpha value is -1.27. The third kappa shape index (κ3) is 3.36. The van der Waals surface area contributed by atoms with Gasteiger partial charge in [0.15, 0.2) is 0 Å². The van der Waals surface area contributed by atoms with Gasteiger partial charge in [0.05, 0.1) is 13.7 Å². The van der Waals surface area contributed by atoms with Crippen LogP contribution < -0.4 is 0 Å². The first kappa shape index (κ1) is 14.8. The van der Waals surface area contributed by atoms with E-state index in [1.807, 2.05) is 19.1 Å². The quantitative estimate of drug-likeness (QED) is 0.810. The van der Waals surface area contributed by atoms with E-state index >= 15 is 0 Å². The lowest BCUT2D eigenvalue weighted by Crippen LogP contribution is -2.34. The Morgan fingerprint density at radius 1 is 1.50 bits per heavy atom. The molecule has 1 aliphatic rings. The normalized spacial score (nSPS) is 22.5. The predicted molar refractivity (Wildman–Crippen MR) is 72.8 cm³/mol. The lowest BCUT2D eigenvalue weighted by molar-refractivity contribution is 0.0899. The molecule has 1 heterocycles. The first-order valence-corrected chi connectivity index (χ1v) is 6.10. The van der Waals surface area contributed by atoms with Gasteiger partial charge in [0.1, 0.15) is 12.1 Å². The van der Waals surface area contributed by atoms with Gasteiger partial charge < -0.3 is 9.47 Å². The molecule has 0 saturated carbocycles. The SMILES string of the molecule is COC1=NC(C)(c2cccc(Br)c2)COC1.N=O. The van der Waals surface area contributed by atoms with Crippen molar-refractivity contribution in [1.82, 2.24) is 0 Å². The van der Waals surface area contributed by atoms with Gasteiger partial charge in [-0.15, -0.1) is 0 Å². The monoisotopic (exact) mass is 314 g/mol. The molecule has 98 valence electrons. The minimum atomic E-state index is -0.354. The Bertz CT molecular complexity index is 439. The molecule has 0 aromatic heterocycles. The second kappa shape index (κ2) is 6.61. The number of methoxy groups -OCH3 is 1. The van der Waals surface area contributed by atoms with Gasteiger partial charge in [-0.2, -0.15) is 4.91 Å². The highest BCUT2D eigenvalue weighted by atomic mass is 79.9. The first-order chi connectivity index (χ1) is 8.64. The molecule has 6 heteroatoms. The van der Waals surface area contributed by atoms with Crippen LogP contribution in [0.15, 0.2) is 33.7 Å². The Morgan fingerprint density at radius 3 is 2.83 bits per heavy atom. The molecule has 0 bridgehead atoms. The van der Waals surface area contributed by atoms with E-state index in [9.17, 15) is 0 Å². The zero-order chi connectivity index (χ0) is 13.6. The molecule has 0 amide bonds. The predicted octanol–water partition coefficient (Wildman–Crippen LogP) is 3.07. The number of aliphatic imine (C=N–C) groups is 1. The maximum atomic E-state index is 7.50. The summed E-state index contributed by atoms with van der Waals surface area (Å²) >= 11 is 3.46. The molecular formula is C12H15BrN2O3. The molecule has 0 aliphatic carbocycles. The molecule has 1 atom stereocenters. The van der Waals surface area contributed by atoms with Crippen molar-refractivity contribution in [3.63, 3.8) is 0 Å². The van der Waals surface area contributed by atoms with E-state index in [-0.39, 0.29) is 5.54 Å². The van der Waals surface area contributed by atoms with Crippen LogP contribution in [0.1, 0.15) is 12.5 Å². The van der Waals surface area contributed by atoms with Crippen molar-refractivity contribution < 1.29 is 9.47 Å². The molecule has 2 rings (SSSR count). The van der Waals surface area contributed by atoms with Crippen LogP contribution in [0.25, 0.3) is 0 Å². The summed E-state index contributed by atoms with van der Waals surface area (Å²) in [5, 5.41) is 0. The molecule has 1 aliphatic heterocycles. The number of halogens is 1. The van der Waals surface area contributed by atoms with Crippen LogP contribution >= 0.6 is 15.9 Å².